The van der Waals surface area contributed by atoms with Crippen molar-refractivity contribution in [1.29, 1.82) is 0 Å². The molecule has 25 heavy (non-hydrogen) atoms. The van der Waals surface area contributed by atoms with Gasteiger partial charge in [0.05, 0.1) is 0 Å². The number of fused-ring (bicyclic) bond motifs is 1. The van der Waals surface area contributed by atoms with Gasteiger partial charge in [0, 0.05) is 24.1 Å². The molecule has 2 aromatic rings. The first-order valence-corrected chi connectivity index (χ1v) is 8.15. The third-order valence-electron chi connectivity index (χ3n) is 4.39. The second-order valence-electron chi connectivity index (χ2n) is 6.13. The number of hydrogen-bond donors (Lipinski definition) is 1. The molecule has 1 aromatic heterocycles. The van der Waals surface area contributed by atoms with Crippen molar-refractivity contribution in [2.24, 2.45) is 0 Å². The van der Waals surface area contributed by atoms with Gasteiger partial charge in [-0.25, -0.2) is 9.59 Å². The highest BCUT2D eigenvalue weighted by Gasteiger charge is 2.31. The minimum Gasteiger partial charge on any atom is -0.484 e. The van der Waals surface area contributed by atoms with Gasteiger partial charge in [0.2, 0.25) is 0 Å². The molecule has 1 aromatic carbocycles. The van der Waals surface area contributed by atoms with Gasteiger partial charge in [-0.15, -0.1) is 0 Å². The number of benzene rings is 1. The number of nitrogens with zero attached hydrogens (tertiary/aromatic N) is 1. The normalized spacial score (nSPS) is 17.5. The van der Waals surface area contributed by atoms with Crippen LogP contribution in [0.3, 0.4) is 0 Å². The molecule has 0 unspecified atom stereocenters. The number of piperidine rings is 1. The van der Waals surface area contributed by atoms with E-state index >= 15 is 0 Å². The highest BCUT2D eigenvalue weighted by atomic mass is 16.5. The number of amides is 1. The van der Waals surface area contributed by atoms with Gasteiger partial charge in [-0.05, 0) is 43.9 Å². The molecule has 1 atom stereocenters. The lowest BCUT2D eigenvalue weighted by Gasteiger charge is -2.32. The van der Waals surface area contributed by atoms with Gasteiger partial charge >= 0.3 is 11.6 Å². The third kappa shape index (κ3) is 3.65. The minimum absolute atomic E-state index is 0.259. The molecule has 0 bridgehead atoms. The molecule has 7 nitrogen and oxygen atoms in total. The van der Waals surface area contributed by atoms with Crippen LogP contribution in [0.15, 0.2) is 33.5 Å². The topological polar surface area (TPSA) is 97.0 Å². The van der Waals surface area contributed by atoms with Crippen molar-refractivity contribution in [3.8, 4) is 5.75 Å². The highest BCUT2D eigenvalue weighted by Crippen LogP contribution is 2.23. The number of ether oxygens (including phenoxy) is 1. The second kappa shape index (κ2) is 6.96. The maximum Gasteiger partial charge on any atom is 0.336 e. The third-order valence-corrected chi connectivity index (χ3v) is 4.39. The van der Waals surface area contributed by atoms with E-state index in [0.717, 1.165) is 23.8 Å². The van der Waals surface area contributed by atoms with E-state index in [2.05, 4.69) is 0 Å². The van der Waals surface area contributed by atoms with Crippen LogP contribution in [0.25, 0.3) is 11.0 Å². The SMILES string of the molecule is Cc1cc(=O)oc2cc(OCC(=O)N3CCCC[C@H]3C(=O)O)ccc12. The predicted molar refractivity (Wildman–Crippen MR) is 89.7 cm³/mol. The fourth-order valence-electron chi connectivity index (χ4n) is 3.11. The summed E-state index contributed by atoms with van der Waals surface area (Å²) >= 11 is 0. The lowest BCUT2D eigenvalue weighted by atomic mass is 10.0. The molecular weight excluding hydrogens is 326 g/mol. The molecule has 1 aliphatic rings. The maximum absolute atomic E-state index is 12.3. The second-order valence-corrected chi connectivity index (χ2v) is 6.13. The highest BCUT2D eigenvalue weighted by molar-refractivity contribution is 5.85. The summed E-state index contributed by atoms with van der Waals surface area (Å²) in [6, 6.07) is 5.63. The summed E-state index contributed by atoms with van der Waals surface area (Å²) in [5, 5.41) is 10.0. The van der Waals surface area contributed by atoms with Crippen molar-refractivity contribution in [2.75, 3.05) is 13.2 Å². The maximum atomic E-state index is 12.3. The van der Waals surface area contributed by atoms with Crippen LogP contribution < -0.4 is 10.4 Å². The predicted octanol–water partition coefficient (Wildman–Crippen LogP) is 1.95. The van der Waals surface area contributed by atoms with Crippen LogP contribution in [0.1, 0.15) is 24.8 Å². The number of aliphatic carboxylic acids is 1. The number of carboxylic acid groups (broad SMARTS) is 1. The summed E-state index contributed by atoms with van der Waals surface area (Å²) in [6.07, 6.45) is 2.04. The summed E-state index contributed by atoms with van der Waals surface area (Å²) in [4.78, 5) is 36.4. The van der Waals surface area contributed by atoms with Crippen molar-refractivity contribution < 1.29 is 23.8 Å². The smallest absolute Gasteiger partial charge is 0.336 e. The van der Waals surface area contributed by atoms with Crippen molar-refractivity contribution in [1.82, 2.24) is 4.90 Å². The monoisotopic (exact) mass is 345 g/mol. The number of carboxylic acids is 1. The average molecular weight is 345 g/mol. The Bertz CT molecular complexity index is 871. The summed E-state index contributed by atoms with van der Waals surface area (Å²) in [7, 11) is 0. The van der Waals surface area contributed by atoms with E-state index in [4.69, 9.17) is 9.15 Å². The van der Waals surface area contributed by atoms with Crippen LogP contribution in [0.5, 0.6) is 5.75 Å². The molecule has 1 N–H and O–H groups in total. The fourth-order valence-corrected chi connectivity index (χ4v) is 3.11. The van der Waals surface area contributed by atoms with Gasteiger partial charge in [-0.1, -0.05) is 0 Å². The van der Waals surface area contributed by atoms with E-state index in [9.17, 15) is 19.5 Å². The van der Waals surface area contributed by atoms with Gasteiger partial charge < -0.3 is 19.2 Å². The molecule has 1 fully saturated rings. The van der Waals surface area contributed by atoms with E-state index in [-0.39, 0.29) is 12.5 Å². The van der Waals surface area contributed by atoms with Gasteiger partial charge in [0.25, 0.3) is 5.91 Å². The first kappa shape index (κ1) is 17.0. The number of carbonyl (C=O) groups is 2. The zero-order valence-electron chi connectivity index (χ0n) is 13.9. The molecule has 1 saturated heterocycles. The number of likely N-dealkylation sites (tertiary alicyclic amines) is 1. The Morgan fingerprint density at radius 1 is 1.32 bits per heavy atom. The molecule has 2 heterocycles. The van der Waals surface area contributed by atoms with Gasteiger partial charge in [-0.2, -0.15) is 0 Å². The first-order chi connectivity index (χ1) is 12.0. The Morgan fingerprint density at radius 3 is 2.88 bits per heavy atom. The number of aryl methyl sites for hydroxylation is 1. The molecule has 7 heteroatoms. The molecular formula is C18H19NO6. The quantitative estimate of drug-likeness (QED) is 0.851. The largest absolute Gasteiger partial charge is 0.484 e. The number of hydrogen-bond acceptors (Lipinski definition) is 5. The Morgan fingerprint density at radius 2 is 2.12 bits per heavy atom. The summed E-state index contributed by atoms with van der Waals surface area (Å²) in [5.41, 5.74) is 0.735. The van der Waals surface area contributed by atoms with Crippen LogP contribution in [0.4, 0.5) is 0 Å². The van der Waals surface area contributed by atoms with Crippen molar-refractivity contribution in [3.63, 3.8) is 0 Å². The molecule has 0 aliphatic carbocycles. The number of carbonyl (C=O) groups excluding carboxylic acids is 1. The van der Waals surface area contributed by atoms with Crippen molar-refractivity contribution in [2.45, 2.75) is 32.2 Å². The Hall–Kier alpha value is -2.83. The zero-order chi connectivity index (χ0) is 18.0. The molecule has 1 aliphatic heterocycles. The summed E-state index contributed by atoms with van der Waals surface area (Å²) in [5.74, 6) is -0.965. The van der Waals surface area contributed by atoms with Crippen LogP contribution in [0.2, 0.25) is 0 Å². The Balaban J connectivity index is 1.72. The average Bonchev–Trinajstić information content (AvgIpc) is 2.59. The zero-order valence-corrected chi connectivity index (χ0v) is 13.9. The number of rotatable bonds is 4. The van der Waals surface area contributed by atoms with E-state index in [1.165, 1.54) is 11.0 Å². The molecule has 132 valence electrons. The molecule has 0 radical (unpaired) electrons. The van der Waals surface area contributed by atoms with Gasteiger partial charge in [-0.3, -0.25) is 4.79 Å². The van der Waals surface area contributed by atoms with Crippen LogP contribution in [-0.4, -0.2) is 41.1 Å². The minimum atomic E-state index is -0.990. The first-order valence-electron chi connectivity index (χ1n) is 8.15. The lowest BCUT2D eigenvalue weighted by molar-refractivity contribution is -0.152. The molecule has 0 spiro atoms. The van der Waals surface area contributed by atoms with Gasteiger partial charge in [0.1, 0.15) is 17.4 Å². The molecule has 3 rings (SSSR count). The van der Waals surface area contributed by atoms with E-state index < -0.39 is 17.6 Å². The van der Waals surface area contributed by atoms with Gasteiger partial charge in [0.15, 0.2) is 6.61 Å². The fraction of sp³-hybridized carbons (Fsp3) is 0.389. The van der Waals surface area contributed by atoms with Crippen LogP contribution in [0, 0.1) is 6.92 Å². The summed E-state index contributed by atoms with van der Waals surface area (Å²) in [6.45, 7) is 1.97. The van der Waals surface area contributed by atoms with E-state index in [1.807, 2.05) is 6.92 Å². The standard InChI is InChI=1S/C18H19NO6/c1-11-8-17(21)25-15-9-12(5-6-13(11)15)24-10-16(20)19-7-3-2-4-14(19)18(22)23/h5-6,8-9,14H,2-4,7,10H2,1H3,(H,22,23)/t14-/m0/s1. The van der Waals surface area contributed by atoms with Crippen LogP contribution >= 0.6 is 0 Å². The van der Waals surface area contributed by atoms with E-state index in [1.54, 1.807) is 18.2 Å². The van der Waals surface area contributed by atoms with Crippen molar-refractivity contribution >= 4 is 22.8 Å². The Labute approximate surface area is 143 Å². The van der Waals surface area contributed by atoms with Crippen LogP contribution in [-0.2, 0) is 9.59 Å². The van der Waals surface area contributed by atoms with E-state index in [0.29, 0.717) is 24.3 Å². The Kier molecular flexibility index (Phi) is 4.74. The van der Waals surface area contributed by atoms with Crippen molar-refractivity contribution in [3.05, 3.63) is 40.2 Å². The molecule has 1 amide bonds. The summed E-state index contributed by atoms with van der Waals surface area (Å²) < 4.78 is 10.6. The molecule has 0 saturated carbocycles. The lowest BCUT2D eigenvalue weighted by Crippen LogP contribution is -2.49.